The Hall–Kier alpha value is -2.53. The predicted octanol–water partition coefficient (Wildman–Crippen LogP) is 5.49. The van der Waals surface area contributed by atoms with Gasteiger partial charge in [0.1, 0.15) is 4.90 Å². The van der Waals surface area contributed by atoms with Crippen LogP contribution < -0.4 is 15.4 Å². The largest absolute Gasteiger partial charge is 0.504 e. The Morgan fingerprint density at radius 1 is 0.882 bits per heavy atom. The lowest BCUT2D eigenvalue weighted by Crippen LogP contribution is -2.28. The molecule has 34 heavy (non-hydrogen) atoms. The summed E-state index contributed by atoms with van der Waals surface area (Å²) in [5.41, 5.74) is 0.994. The number of hydrogen-bond donors (Lipinski definition) is 4. The number of hydrogen-bond acceptors (Lipinski definition) is 5. The fraction of sp³-hybridized carbons (Fsp3) is 0.136. The topological polar surface area (TPSA) is 117 Å². The highest BCUT2D eigenvalue weighted by atomic mass is 35.5. The highest BCUT2D eigenvalue weighted by molar-refractivity contribution is 7.89. The van der Waals surface area contributed by atoms with Crippen LogP contribution in [0, 0.1) is 0 Å². The number of aromatic hydroxyl groups is 1. The van der Waals surface area contributed by atoms with Gasteiger partial charge in [0, 0.05) is 6.54 Å². The van der Waals surface area contributed by atoms with Gasteiger partial charge in [-0.25, -0.2) is 17.9 Å². The molecule has 0 unspecified atom stereocenters. The van der Waals surface area contributed by atoms with Crippen molar-refractivity contribution in [1.29, 1.82) is 0 Å². The highest BCUT2D eigenvalue weighted by Gasteiger charge is 2.25. The van der Waals surface area contributed by atoms with E-state index in [2.05, 4.69) is 15.4 Å². The van der Waals surface area contributed by atoms with E-state index in [0.29, 0.717) is 6.61 Å². The second-order valence-electron chi connectivity index (χ2n) is 6.89. The third-order valence-electron chi connectivity index (χ3n) is 4.45. The lowest BCUT2D eigenvalue weighted by molar-refractivity contribution is 0.126. The molecule has 0 saturated carbocycles. The Morgan fingerprint density at radius 2 is 1.59 bits per heavy atom. The number of rotatable bonds is 9. The number of amides is 2. The first-order valence-electron chi connectivity index (χ1n) is 9.84. The molecule has 0 spiro atoms. The lowest BCUT2D eigenvalue weighted by Gasteiger charge is -2.15. The minimum Gasteiger partial charge on any atom is -0.504 e. The van der Waals surface area contributed by atoms with Gasteiger partial charge in [0.2, 0.25) is 10.0 Å². The Morgan fingerprint density at radius 3 is 2.32 bits per heavy atom. The van der Waals surface area contributed by atoms with Crippen molar-refractivity contribution in [3.05, 3.63) is 81.3 Å². The van der Waals surface area contributed by atoms with Crippen molar-refractivity contribution < 1.29 is 23.1 Å². The maximum absolute atomic E-state index is 12.7. The molecule has 180 valence electrons. The summed E-state index contributed by atoms with van der Waals surface area (Å²) in [7, 11) is -4.22. The number of carbonyl (C=O) groups excluding carboxylic acids is 1. The molecule has 0 heterocycles. The van der Waals surface area contributed by atoms with Gasteiger partial charge in [0.25, 0.3) is 0 Å². The van der Waals surface area contributed by atoms with Crippen molar-refractivity contribution >= 4 is 62.2 Å². The van der Waals surface area contributed by atoms with E-state index in [-0.39, 0.29) is 39.6 Å². The third-order valence-corrected chi connectivity index (χ3v) is 7.23. The van der Waals surface area contributed by atoms with Crippen LogP contribution in [0.5, 0.6) is 5.75 Å². The van der Waals surface area contributed by atoms with E-state index >= 15 is 0 Å². The fourth-order valence-corrected chi connectivity index (χ4v) is 4.85. The first kappa shape index (κ1) is 26.1. The Bertz CT molecular complexity index is 1270. The maximum atomic E-state index is 12.7. The zero-order valence-electron chi connectivity index (χ0n) is 17.5. The molecular weight excluding hydrogens is 525 g/mol. The van der Waals surface area contributed by atoms with Crippen molar-refractivity contribution in [3.63, 3.8) is 0 Å². The van der Waals surface area contributed by atoms with Gasteiger partial charge in [-0.3, -0.25) is 0 Å². The van der Waals surface area contributed by atoms with Gasteiger partial charge in [-0.1, -0.05) is 71.2 Å². The molecule has 0 atom stereocenters. The number of anilines is 2. The van der Waals surface area contributed by atoms with Crippen LogP contribution >= 0.6 is 34.8 Å². The summed E-state index contributed by atoms with van der Waals surface area (Å²) in [4.78, 5) is 11.8. The summed E-state index contributed by atoms with van der Waals surface area (Å²) in [6.45, 7) is 0.351. The molecule has 0 bridgehead atoms. The molecule has 8 nitrogen and oxygen atoms in total. The fourth-order valence-electron chi connectivity index (χ4n) is 2.86. The van der Waals surface area contributed by atoms with Crippen molar-refractivity contribution in [3.8, 4) is 5.75 Å². The quantitative estimate of drug-likeness (QED) is 0.210. The van der Waals surface area contributed by atoms with Crippen molar-refractivity contribution in [2.45, 2.75) is 11.5 Å². The zero-order valence-corrected chi connectivity index (χ0v) is 20.6. The molecule has 0 fully saturated rings. The summed E-state index contributed by atoms with van der Waals surface area (Å²) in [5.74, 6) is -0.724. The van der Waals surface area contributed by atoms with E-state index in [1.165, 1.54) is 18.2 Å². The number of halogens is 3. The minimum atomic E-state index is -4.22. The van der Waals surface area contributed by atoms with Gasteiger partial charge in [0.05, 0.1) is 39.7 Å². The first-order chi connectivity index (χ1) is 16.2. The Balaban J connectivity index is 1.65. The molecule has 4 N–H and O–H groups in total. The van der Waals surface area contributed by atoms with E-state index < -0.39 is 26.7 Å². The van der Waals surface area contributed by atoms with Crippen LogP contribution in [0.4, 0.5) is 16.2 Å². The number of benzene rings is 3. The van der Waals surface area contributed by atoms with E-state index in [4.69, 9.17) is 39.5 Å². The summed E-state index contributed by atoms with van der Waals surface area (Å²) in [6.07, 6.45) is 0. The molecular formula is C22H20Cl3N3O5S. The second kappa shape index (κ2) is 11.7. The number of ether oxygens (including phenoxy) is 1. The van der Waals surface area contributed by atoms with E-state index in [1.54, 1.807) is 12.1 Å². The molecule has 0 aliphatic carbocycles. The van der Waals surface area contributed by atoms with Gasteiger partial charge in [0.15, 0.2) is 5.75 Å². The second-order valence-corrected chi connectivity index (χ2v) is 9.79. The molecule has 0 aliphatic heterocycles. The monoisotopic (exact) mass is 543 g/mol. The van der Waals surface area contributed by atoms with Gasteiger partial charge >= 0.3 is 6.03 Å². The minimum absolute atomic E-state index is 0.0592. The molecule has 2 amide bonds. The average Bonchev–Trinajstić information content (AvgIpc) is 2.79. The molecule has 3 aromatic rings. The summed E-state index contributed by atoms with van der Waals surface area (Å²) >= 11 is 18.0. The van der Waals surface area contributed by atoms with Crippen molar-refractivity contribution in [1.82, 2.24) is 4.72 Å². The van der Waals surface area contributed by atoms with Crippen LogP contribution in [-0.2, 0) is 21.4 Å². The van der Waals surface area contributed by atoms with Crippen LogP contribution in [0.25, 0.3) is 0 Å². The lowest BCUT2D eigenvalue weighted by atomic mass is 10.2. The van der Waals surface area contributed by atoms with Crippen LogP contribution in [0.2, 0.25) is 15.1 Å². The molecule has 0 saturated heterocycles. The average molecular weight is 545 g/mol. The Labute approximate surface area is 211 Å². The molecule has 3 aromatic carbocycles. The van der Waals surface area contributed by atoms with Crippen molar-refractivity contribution in [2.24, 2.45) is 0 Å². The van der Waals surface area contributed by atoms with Crippen molar-refractivity contribution in [2.75, 3.05) is 23.8 Å². The van der Waals surface area contributed by atoms with Crippen LogP contribution in [0.3, 0.4) is 0 Å². The van der Waals surface area contributed by atoms with Crippen LogP contribution in [-0.4, -0.2) is 32.7 Å². The molecule has 0 radical (unpaired) electrons. The van der Waals surface area contributed by atoms with Crippen LogP contribution in [0.15, 0.2) is 65.6 Å². The van der Waals surface area contributed by atoms with Gasteiger partial charge in [-0.05, 0) is 29.8 Å². The van der Waals surface area contributed by atoms with Gasteiger partial charge < -0.3 is 20.5 Å². The number of nitrogens with one attached hydrogen (secondary N) is 3. The summed E-state index contributed by atoms with van der Waals surface area (Å²) < 4.78 is 33.3. The SMILES string of the molecule is O=C(Nc1ccc(Cl)c(S(=O)(=O)NCCOCc2ccccc2)c1O)Nc1cccc(Cl)c1Cl. The summed E-state index contributed by atoms with van der Waals surface area (Å²) in [6, 6.07) is 15.8. The predicted molar refractivity (Wildman–Crippen MR) is 134 cm³/mol. The molecule has 0 aromatic heterocycles. The van der Waals surface area contributed by atoms with E-state index in [9.17, 15) is 18.3 Å². The van der Waals surface area contributed by atoms with E-state index in [1.807, 2.05) is 30.3 Å². The van der Waals surface area contributed by atoms with Gasteiger partial charge in [-0.2, -0.15) is 0 Å². The Kier molecular flexibility index (Phi) is 9.01. The number of carbonyl (C=O) groups is 1. The van der Waals surface area contributed by atoms with Crippen LogP contribution in [0.1, 0.15) is 5.56 Å². The highest BCUT2D eigenvalue weighted by Crippen LogP contribution is 2.37. The first-order valence-corrected chi connectivity index (χ1v) is 12.5. The number of phenolic OH excluding ortho intramolecular Hbond substituents is 1. The standard InChI is InChI=1S/C22H20Cl3N3O5S/c23-15-7-4-8-17(19(15)25)27-22(30)28-18-10-9-16(24)21(20(18)29)34(31,32)26-11-12-33-13-14-5-2-1-3-6-14/h1-10,26,29H,11-13H2,(H2,27,28,30). The molecule has 0 aliphatic rings. The molecule has 3 rings (SSSR count). The third kappa shape index (κ3) is 6.75. The molecule has 12 heteroatoms. The smallest absolute Gasteiger partial charge is 0.323 e. The van der Waals surface area contributed by atoms with Gasteiger partial charge in [-0.15, -0.1) is 0 Å². The number of urea groups is 1. The zero-order chi connectivity index (χ0) is 24.7. The maximum Gasteiger partial charge on any atom is 0.323 e. The summed E-state index contributed by atoms with van der Waals surface area (Å²) in [5, 5.41) is 15.5. The van der Waals surface area contributed by atoms with E-state index in [0.717, 1.165) is 5.56 Å². The number of phenols is 1. The normalized spacial score (nSPS) is 11.3. The number of sulfonamides is 1.